The highest BCUT2D eigenvalue weighted by Crippen LogP contribution is 2.17. The number of carbonyl (C=O) groups excluding carboxylic acids is 2. The van der Waals surface area contributed by atoms with Crippen LogP contribution in [0.4, 0.5) is 0 Å². The van der Waals surface area contributed by atoms with Crippen LogP contribution in [0, 0.1) is 5.92 Å². The maximum atomic E-state index is 12.2. The minimum Gasteiger partial charge on any atom is -0.462 e. The fourth-order valence-electron chi connectivity index (χ4n) is 2.38. The smallest absolute Gasteiger partial charge is 0.338 e. The van der Waals surface area contributed by atoms with Crippen LogP contribution >= 0.6 is 23.2 Å². The molecule has 6 heteroatoms. The van der Waals surface area contributed by atoms with Gasteiger partial charge in [-0.15, -0.1) is 0 Å². The van der Waals surface area contributed by atoms with Gasteiger partial charge in [0.25, 0.3) is 0 Å². The van der Waals surface area contributed by atoms with Crippen molar-refractivity contribution in [2.75, 3.05) is 6.61 Å². The number of carbonyl (C=O) groups is 2. The van der Waals surface area contributed by atoms with Crippen LogP contribution in [0.5, 0.6) is 0 Å². The molecule has 2 rings (SSSR count). The van der Waals surface area contributed by atoms with E-state index in [-0.39, 0.29) is 18.6 Å². The molecule has 0 radical (unpaired) electrons. The fourth-order valence-corrected chi connectivity index (χ4v) is 2.63. The zero-order chi connectivity index (χ0) is 19.1. The Hall–Kier alpha value is -2.04. The monoisotopic (exact) mass is 394 g/mol. The van der Waals surface area contributed by atoms with Gasteiger partial charge in [0.15, 0.2) is 0 Å². The summed E-state index contributed by atoms with van der Waals surface area (Å²) < 4.78 is 10.9. The first kappa shape index (κ1) is 20.3. The largest absolute Gasteiger partial charge is 0.462 e. The van der Waals surface area contributed by atoms with E-state index in [4.69, 9.17) is 32.7 Å². The first-order chi connectivity index (χ1) is 12.4. The van der Waals surface area contributed by atoms with E-state index in [9.17, 15) is 9.59 Å². The summed E-state index contributed by atoms with van der Waals surface area (Å²) in [7, 11) is 0. The Labute approximate surface area is 163 Å². The number of hydrogen-bond donors (Lipinski definition) is 0. The van der Waals surface area contributed by atoms with Gasteiger partial charge >= 0.3 is 11.9 Å². The molecule has 0 amide bonds. The Balaban J connectivity index is 1.90. The fraction of sp³-hybridized carbons (Fsp3) is 0.300. The van der Waals surface area contributed by atoms with E-state index >= 15 is 0 Å². The predicted molar refractivity (Wildman–Crippen MR) is 102 cm³/mol. The molecule has 0 heterocycles. The van der Waals surface area contributed by atoms with Crippen molar-refractivity contribution in [3.63, 3.8) is 0 Å². The van der Waals surface area contributed by atoms with E-state index in [1.54, 1.807) is 48.5 Å². The van der Waals surface area contributed by atoms with Crippen LogP contribution in [0.2, 0.25) is 10.0 Å². The topological polar surface area (TPSA) is 52.6 Å². The lowest BCUT2D eigenvalue weighted by Gasteiger charge is -2.23. The van der Waals surface area contributed by atoms with Crippen molar-refractivity contribution in [3.8, 4) is 0 Å². The van der Waals surface area contributed by atoms with Gasteiger partial charge in [0.05, 0.1) is 17.7 Å². The second-order valence-corrected chi connectivity index (χ2v) is 6.81. The molecule has 138 valence electrons. The lowest BCUT2D eigenvalue weighted by molar-refractivity contribution is -0.00152. The maximum Gasteiger partial charge on any atom is 0.338 e. The van der Waals surface area contributed by atoms with E-state index in [1.165, 1.54) is 0 Å². The summed E-state index contributed by atoms with van der Waals surface area (Å²) >= 11 is 11.6. The second-order valence-electron chi connectivity index (χ2n) is 5.94. The first-order valence-corrected chi connectivity index (χ1v) is 9.05. The Morgan fingerprint density at radius 2 is 1.35 bits per heavy atom. The number of benzene rings is 2. The third kappa shape index (κ3) is 5.75. The summed E-state index contributed by atoms with van der Waals surface area (Å²) in [6.45, 7) is 3.93. The zero-order valence-corrected chi connectivity index (χ0v) is 16.1. The highest BCUT2D eigenvalue weighted by atomic mass is 35.5. The molecule has 0 N–H and O–H groups in total. The lowest BCUT2D eigenvalue weighted by atomic mass is 10.0. The van der Waals surface area contributed by atoms with Crippen LogP contribution in [0.15, 0.2) is 48.5 Å². The molecule has 0 saturated carbocycles. The highest BCUT2D eigenvalue weighted by Gasteiger charge is 2.22. The molecule has 2 atom stereocenters. The van der Waals surface area contributed by atoms with Gasteiger partial charge < -0.3 is 9.47 Å². The van der Waals surface area contributed by atoms with Crippen molar-refractivity contribution in [2.24, 2.45) is 5.92 Å². The second kappa shape index (κ2) is 9.60. The van der Waals surface area contributed by atoms with Crippen molar-refractivity contribution >= 4 is 35.1 Å². The maximum absolute atomic E-state index is 12.2. The summed E-state index contributed by atoms with van der Waals surface area (Å²) in [5.74, 6) is -1.01. The van der Waals surface area contributed by atoms with Crippen molar-refractivity contribution in [2.45, 2.75) is 26.4 Å². The minimum absolute atomic E-state index is 0.146. The Morgan fingerprint density at radius 3 is 1.81 bits per heavy atom. The summed E-state index contributed by atoms with van der Waals surface area (Å²) in [6.07, 6.45) is 0.245. The van der Waals surface area contributed by atoms with Gasteiger partial charge in [-0.3, -0.25) is 0 Å². The summed E-state index contributed by atoms with van der Waals surface area (Å²) in [4.78, 5) is 24.3. The van der Waals surface area contributed by atoms with Crippen molar-refractivity contribution < 1.29 is 19.1 Å². The molecule has 0 fully saturated rings. The molecule has 0 aliphatic carbocycles. The first-order valence-electron chi connectivity index (χ1n) is 8.30. The molecule has 2 aromatic carbocycles. The van der Waals surface area contributed by atoms with Crippen LogP contribution < -0.4 is 0 Å². The summed E-state index contributed by atoms with van der Waals surface area (Å²) in [6, 6.07) is 13.0. The predicted octanol–water partition coefficient (Wildman–Crippen LogP) is 5.42. The molecule has 0 aromatic heterocycles. The standard InChI is InChI=1S/C20H20Cl2O4/c1-3-18(26-20(24)15-6-10-17(22)11-7-15)13(2)12-25-19(23)14-4-8-16(21)9-5-14/h4-11,13,18H,3,12H2,1-2H3. The molecule has 4 nitrogen and oxygen atoms in total. The van der Waals surface area contributed by atoms with Gasteiger partial charge in [0.1, 0.15) is 6.10 Å². The molecule has 0 aliphatic rings. The van der Waals surface area contributed by atoms with Gasteiger partial charge in [0.2, 0.25) is 0 Å². The van der Waals surface area contributed by atoms with E-state index in [2.05, 4.69) is 0 Å². The van der Waals surface area contributed by atoms with Gasteiger partial charge in [-0.2, -0.15) is 0 Å². The number of rotatable bonds is 7. The van der Waals surface area contributed by atoms with Crippen LogP contribution in [0.3, 0.4) is 0 Å². The summed E-state index contributed by atoms with van der Waals surface area (Å²) in [5, 5.41) is 1.10. The van der Waals surface area contributed by atoms with Crippen molar-refractivity contribution in [1.29, 1.82) is 0 Å². The van der Waals surface area contributed by atoms with E-state index in [0.29, 0.717) is 27.6 Å². The minimum atomic E-state index is -0.438. The SMILES string of the molecule is CCC(OC(=O)c1ccc(Cl)cc1)C(C)COC(=O)c1ccc(Cl)cc1. The number of ether oxygens (including phenoxy) is 2. The molecular formula is C20H20Cl2O4. The molecule has 2 unspecified atom stereocenters. The van der Waals surface area contributed by atoms with Crippen LogP contribution in [-0.4, -0.2) is 24.6 Å². The normalized spacial score (nSPS) is 12.9. The van der Waals surface area contributed by atoms with Crippen LogP contribution in [0.25, 0.3) is 0 Å². The molecule has 0 saturated heterocycles. The number of halogens is 2. The van der Waals surface area contributed by atoms with Gasteiger partial charge in [-0.1, -0.05) is 37.0 Å². The van der Waals surface area contributed by atoms with E-state index in [0.717, 1.165) is 0 Å². The highest BCUT2D eigenvalue weighted by molar-refractivity contribution is 6.30. The summed E-state index contributed by atoms with van der Waals surface area (Å²) in [5.41, 5.74) is 0.853. The third-order valence-electron chi connectivity index (χ3n) is 3.93. The molecular weight excluding hydrogens is 375 g/mol. The number of hydrogen-bond acceptors (Lipinski definition) is 4. The van der Waals surface area contributed by atoms with E-state index in [1.807, 2.05) is 13.8 Å². The van der Waals surface area contributed by atoms with Gasteiger partial charge in [-0.05, 0) is 55.0 Å². The Bertz CT molecular complexity index is 741. The lowest BCUT2D eigenvalue weighted by Crippen LogP contribution is -2.28. The average molecular weight is 395 g/mol. The zero-order valence-electron chi connectivity index (χ0n) is 14.6. The average Bonchev–Trinajstić information content (AvgIpc) is 2.64. The molecule has 2 aromatic rings. The van der Waals surface area contributed by atoms with Crippen molar-refractivity contribution in [3.05, 3.63) is 69.7 Å². The van der Waals surface area contributed by atoms with Crippen LogP contribution in [0.1, 0.15) is 41.0 Å². The molecule has 0 spiro atoms. The Kier molecular flexibility index (Phi) is 7.49. The van der Waals surface area contributed by atoms with Crippen molar-refractivity contribution in [1.82, 2.24) is 0 Å². The third-order valence-corrected chi connectivity index (χ3v) is 4.44. The quantitative estimate of drug-likeness (QED) is 0.588. The van der Waals surface area contributed by atoms with E-state index < -0.39 is 11.9 Å². The van der Waals surface area contributed by atoms with Gasteiger partial charge in [-0.25, -0.2) is 9.59 Å². The number of esters is 2. The molecule has 0 bridgehead atoms. The Morgan fingerprint density at radius 1 is 0.885 bits per heavy atom. The molecule has 26 heavy (non-hydrogen) atoms. The van der Waals surface area contributed by atoms with Crippen LogP contribution in [-0.2, 0) is 9.47 Å². The van der Waals surface area contributed by atoms with Gasteiger partial charge in [0, 0.05) is 16.0 Å². The molecule has 0 aliphatic heterocycles.